The highest BCUT2D eigenvalue weighted by atomic mass is 31.2. The first-order chi connectivity index (χ1) is 7.44. The molecule has 0 radical (unpaired) electrons. The molecule has 90 valence electrons. The fourth-order valence-electron chi connectivity index (χ4n) is 0.852. The first-order valence-electron chi connectivity index (χ1n) is 4.34. The third-order valence-electron chi connectivity index (χ3n) is 1.53. The van der Waals surface area contributed by atoms with Crippen LogP contribution in [-0.4, -0.2) is 45.1 Å². The van der Waals surface area contributed by atoms with Crippen molar-refractivity contribution in [1.29, 1.82) is 0 Å². The first kappa shape index (κ1) is 12.6. The van der Waals surface area contributed by atoms with Crippen LogP contribution < -0.4 is 16.0 Å². The van der Waals surface area contributed by atoms with Crippen molar-refractivity contribution in [3.63, 3.8) is 0 Å². The fraction of sp³-hybridized carbons (Fsp3) is 0.500. The highest BCUT2D eigenvalue weighted by molar-refractivity contribution is 7.51. The highest BCUT2D eigenvalue weighted by Gasteiger charge is 2.13. The molecular weight excluding hydrogens is 235 g/mol. The molecule has 9 nitrogen and oxygen atoms in total. The summed E-state index contributed by atoms with van der Waals surface area (Å²) in [5, 5.41) is 7.83. The van der Waals surface area contributed by atoms with Crippen LogP contribution in [-0.2, 0) is 4.57 Å². The van der Waals surface area contributed by atoms with Gasteiger partial charge in [0.05, 0.1) is 0 Å². The smallest absolute Gasteiger partial charge is 0.344 e. The Balaban J connectivity index is 2.83. The third-order valence-corrected chi connectivity index (χ3v) is 2.10. The highest BCUT2D eigenvalue weighted by Crippen LogP contribution is 2.33. The maximum absolute atomic E-state index is 10.6. The number of nitrogens with zero attached hydrogens (tertiary/aromatic N) is 3. The van der Waals surface area contributed by atoms with E-state index in [0.717, 1.165) is 0 Å². The average Bonchev–Trinajstić information content (AvgIpc) is 2.25. The molecule has 0 aliphatic heterocycles. The SMILES string of the molecule is CNc1nc(NC)nc(NCP(=O)(O)O)n1. The second kappa shape index (κ2) is 5.06. The van der Waals surface area contributed by atoms with Crippen LogP contribution in [0.15, 0.2) is 0 Å². The Morgan fingerprint density at radius 3 is 1.88 bits per heavy atom. The van der Waals surface area contributed by atoms with Crippen LogP contribution in [0.5, 0.6) is 0 Å². The van der Waals surface area contributed by atoms with E-state index in [1.807, 2.05) is 0 Å². The van der Waals surface area contributed by atoms with Crippen LogP contribution in [0.4, 0.5) is 17.8 Å². The summed E-state index contributed by atoms with van der Waals surface area (Å²) in [6.07, 6.45) is -0.524. The van der Waals surface area contributed by atoms with E-state index in [2.05, 4.69) is 30.9 Å². The van der Waals surface area contributed by atoms with E-state index >= 15 is 0 Å². The van der Waals surface area contributed by atoms with E-state index in [1.165, 1.54) is 0 Å². The molecule has 10 heteroatoms. The molecule has 16 heavy (non-hydrogen) atoms. The van der Waals surface area contributed by atoms with Crippen LogP contribution in [0.1, 0.15) is 0 Å². The maximum Gasteiger partial charge on any atom is 0.344 e. The lowest BCUT2D eigenvalue weighted by Crippen LogP contribution is -2.10. The van der Waals surface area contributed by atoms with Gasteiger partial charge in [0.2, 0.25) is 17.8 Å². The van der Waals surface area contributed by atoms with Gasteiger partial charge in [-0.2, -0.15) is 15.0 Å². The number of aromatic nitrogens is 3. The maximum atomic E-state index is 10.6. The molecule has 0 bridgehead atoms. The van der Waals surface area contributed by atoms with Gasteiger partial charge in [-0.15, -0.1) is 0 Å². The standard InChI is InChI=1S/C6H13N6O3P/c1-7-4-10-5(8-2)12-6(11-4)9-3-16(13,14)15/h3H2,1-2H3,(H2,13,14,15)(H3,7,8,9,10,11,12). The Labute approximate surface area is 91.9 Å². The normalized spacial score (nSPS) is 11.0. The van der Waals surface area contributed by atoms with Crippen molar-refractivity contribution < 1.29 is 14.4 Å². The third kappa shape index (κ3) is 3.97. The van der Waals surface area contributed by atoms with Gasteiger partial charge in [-0.1, -0.05) is 0 Å². The second-order valence-electron chi connectivity index (χ2n) is 2.81. The lowest BCUT2D eigenvalue weighted by Gasteiger charge is -2.08. The minimum absolute atomic E-state index is 0.0898. The van der Waals surface area contributed by atoms with Gasteiger partial charge in [0.25, 0.3) is 0 Å². The van der Waals surface area contributed by atoms with Gasteiger partial charge in [0.1, 0.15) is 6.29 Å². The molecule has 0 amide bonds. The van der Waals surface area contributed by atoms with Crippen molar-refractivity contribution in [2.75, 3.05) is 36.3 Å². The predicted molar refractivity (Wildman–Crippen MR) is 59.5 cm³/mol. The second-order valence-corrected chi connectivity index (χ2v) is 4.45. The topological polar surface area (TPSA) is 132 Å². The summed E-state index contributed by atoms with van der Waals surface area (Å²) in [5.41, 5.74) is 0. The van der Waals surface area contributed by atoms with Gasteiger partial charge in [-0.25, -0.2) is 0 Å². The van der Waals surface area contributed by atoms with Gasteiger partial charge in [-0.3, -0.25) is 4.57 Å². The Morgan fingerprint density at radius 1 is 1.06 bits per heavy atom. The summed E-state index contributed by atoms with van der Waals surface area (Å²) in [6, 6.07) is 0. The molecule has 1 aromatic heterocycles. The zero-order valence-corrected chi connectivity index (χ0v) is 9.69. The van der Waals surface area contributed by atoms with Crippen molar-refractivity contribution in [3.8, 4) is 0 Å². The number of nitrogens with one attached hydrogen (secondary N) is 3. The lowest BCUT2D eigenvalue weighted by atomic mass is 10.8. The first-order valence-corrected chi connectivity index (χ1v) is 6.14. The molecule has 0 unspecified atom stereocenters. The van der Waals surface area contributed by atoms with Crippen molar-refractivity contribution >= 4 is 25.4 Å². The molecule has 0 spiro atoms. The molecule has 0 aromatic carbocycles. The summed E-state index contributed by atoms with van der Waals surface area (Å²) in [5.74, 6) is 0.687. The van der Waals surface area contributed by atoms with Crippen LogP contribution >= 0.6 is 7.60 Å². The van der Waals surface area contributed by atoms with Crippen molar-refractivity contribution in [2.24, 2.45) is 0 Å². The molecule has 1 heterocycles. The molecule has 0 saturated carbocycles. The molecule has 0 aliphatic rings. The zero-order valence-electron chi connectivity index (χ0n) is 8.80. The summed E-state index contributed by atoms with van der Waals surface area (Å²) in [4.78, 5) is 29.0. The Morgan fingerprint density at radius 2 is 1.50 bits per heavy atom. The summed E-state index contributed by atoms with van der Waals surface area (Å²) >= 11 is 0. The summed E-state index contributed by atoms with van der Waals surface area (Å²) in [7, 11) is -0.878. The van der Waals surface area contributed by atoms with Crippen molar-refractivity contribution in [3.05, 3.63) is 0 Å². The molecule has 5 N–H and O–H groups in total. The van der Waals surface area contributed by atoms with E-state index in [4.69, 9.17) is 9.79 Å². The molecule has 0 aliphatic carbocycles. The quantitative estimate of drug-likeness (QED) is 0.437. The number of hydrogen-bond acceptors (Lipinski definition) is 7. The van der Waals surface area contributed by atoms with Gasteiger partial charge in [0, 0.05) is 14.1 Å². The lowest BCUT2D eigenvalue weighted by molar-refractivity contribution is 0.375. The predicted octanol–water partition coefficient (Wildman–Crippen LogP) is -0.498. The minimum Gasteiger partial charge on any atom is -0.357 e. The van der Waals surface area contributed by atoms with Crippen molar-refractivity contribution in [1.82, 2.24) is 15.0 Å². The van der Waals surface area contributed by atoms with Crippen LogP contribution in [0.3, 0.4) is 0 Å². The van der Waals surface area contributed by atoms with E-state index in [1.54, 1.807) is 14.1 Å². The molecule has 0 atom stereocenters. The van der Waals surface area contributed by atoms with E-state index < -0.39 is 13.9 Å². The van der Waals surface area contributed by atoms with E-state index in [-0.39, 0.29) is 5.95 Å². The number of hydrogen-bond donors (Lipinski definition) is 5. The van der Waals surface area contributed by atoms with Gasteiger partial charge in [0.15, 0.2) is 0 Å². The largest absolute Gasteiger partial charge is 0.357 e. The van der Waals surface area contributed by atoms with E-state index in [9.17, 15) is 4.57 Å². The molecule has 0 saturated heterocycles. The Hall–Kier alpha value is -1.44. The van der Waals surface area contributed by atoms with E-state index in [0.29, 0.717) is 11.9 Å². The van der Waals surface area contributed by atoms with Crippen molar-refractivity contribution in [2.45, 2.75) is 0 Å². The molecule has 0 fully saturated rings. The Bertz CT molecular complexity index is 385. The van der Waals surface area contributed by atoms with Gasteiger partial charge >= 0.3 is 7.60 Å². The average molecular weight is 248 g/mol. The molecular formula is C6H13N6O3P. The van der Waals surface area contributed by atoms with Crippen LogP contribution in [0.2, 0.25) is 0 Å². The zero-order chi connectivity index (χ0) is 12.2. The fourth-order valence-corrected chi connectivity index (χ4v) is 1.20. The summed E-state index contributed by atoms with van der Waals surface area (Å²) in [6.45, 7) is 0. The Kier molecular flexibility index (Phi) is 3.99. The summed E-state index contributed by atoms with van der Waals surface area (Å²) < 4.78 is 10.6. The van der Waals surface area contributed by atoms with Crippen LogP contribution in [0.25, 0.3) is 0 Å². The molecule has 1 rings (SSSR count). The number of rotatable bonds is 5. The number of anilines is 3. The monoisotopic (exact) mass is 248 g/mol. The van der Waals surface area contributed by atoms with Crippen LogP contribution in [0, 0.1) is 0 Å². The molecule has 1 aromatic rings. The van der Waals surface area contributed by atoms with Gasteiger partial charge in [-0.05, 0) is 0 Å². The van der Waals surface area contributed by atoms with Gasteiger partial charge < -0.3 is 25.7 Å². The minimum atomic E-state index is -4.13.